The molecule has 0 aliphatic heterocycles. The Kier molecular flexibility index (Phi) is 4.95. The summed E-state index contributed by atoms with van der Waals surface area (Å²) in [5.74, 6) is -0.229. The molecule has 18 heavy (non-hydrogen) atoms. The Morgan fingerprint density at radius 2 is 1.94 bits per heavy atom. The quantitative estimate of drug-likeness (QED) is 0.775. The van der Waals surface area contributed by atoms with Crippen LogP contribution in [0.15, 0.2) is 34.3 Å². The highest BCUT2D eigenvalue weighted by molar-refractivity contribution is 9.10. The minimum Gasteiger partial charge on any atom is -0.320 e. The maximum atomic E-state index is 14.0. The van der Waals surface area contributed by atoms with E-state index in [2.05, 4.69) is 22.0 Å². The molecule has 0 radical (unpaired) electrons. The lowest BCUT2D eigenvalue weighted by Gasteiger charge is -2.19. The summed E-state index contributed by atoms with van der Waals surface area (Å²) in [4.78, 5) is 0. The molecule has 0 fully saturated rings. The van der Waals surface area contributed by atoms with E-state index in [4.69, 9.17) is 5.73 Å². The Bertz CT molecular complexity index is 442. The highest BCUT2D eigenvalue weighted by atomic mass is 79.9. The maximum absolute atomic E-state index is 14.0. The lowest BCUT2D eigenvalue weighted by molar-refractivity contribution is 0.570. The Hall–Kier alpha value is -0.670. The van der Waals surface area contributed by atoms with Gasteiger partial charge in [-0.25, -0.2) is 4.39 Å². The second kappa shape index (κ2) is 6.48. The van der Waals surface area contributed by atoms with Crippen LogP contribution in [0.25, 0.3) is 0 Å². The molecule has 0 saturated heterocycles. The van der Waals surface area contributed by atoms with Gasteiger partial charge in [-0.15, -0.1) is 0 Å². The van der Waals surface area contributed by atoms with Crippen molar-refractivity contribution in [2.24, 2.45) is 5.73 Å². The van der Waals surface area contributed by atoms with Crippen molar-refractivity contribution in [2.45, 2.75) is 44.6 Å². The molecule has 0 bridgehead atoms. The van der Waals surface area contributed by atoms with Crippen LogP contribution in [0.4, 0.5) is 4.39 Å². The van der Waals surface area contributed by atoms with E-state index < -0.39 is 0 Å². The number of hydrogen-bond donors (Lipinski definition) is 1. The molecule has 2 rings (SSSR count). The van der Waals surface area contributed by atoms with E-state index in [0.29, 0.717) is 10.0 Å². The van der Waals surface area contributed by atoms with Gasteiger partial charge in [0.05, 0.1) is 10.5 Å². The predicted molar refractivity (Wildman–Crippen MR) is 76.8 cm³/mol. The largest absolute Gasteiger partial charge is 0.320 e. The number of hydrogen-bond acceptors (Lipinski definition) is 1. The van der Waals surface area contributed by atoms with E-state index in [1.54, 1.807) is 12.1 Å². The molecular weight excluding hydrogens is 293 g/mol. The molecular formula is C15H19BrFN. The lowest BCUT2D eigenvalue weighted by atomic mass is 9.91. The van der Waals surface area contributed by atoms with Crippen molar-refractivity contribution < 1.29 is 4.39 Å². The minimum atomic E-state index is -0.305. The van der Waals surface area contributed by atoms with Gasteiger partial charge in [0.25, 0.3) is 0 Å². The van der Waals surface area contributed by atoms with Crippen LogP contribution in [0.5, 0.6) is 0 Å². The second-order valence-electron chi connectivity index (χ2n) is 4.85. The van der Waals surface area contributed by atoms with Crippen molar-refractivity contribution in [3.63, 3.8) is 0 Å². The first-order valence-corrected chi connectivity index (χ1v) is 7.38. The van der Waals surface area contributed by atoms with Gasteiger partial charge < -0.3 is 5.73 Å². The van der Waals surface area contributed by atoms with E-state index >= 15 is 0 Å². The number of rotatable bonds is 2. The third kappa shape index (κ3) is 3.21. The molecule has 1 aromatic carbocycles. The van der Waals surface area contributed by atoms with Gasteiger partial charge in [0, 0.05) is 5.56 Å². The molecule has 1 atom stereocenters. The summed E-state index contributed by atoms with van der Waals surface area (Å²) in [5.41, 5.74) is 8.01. The van der Waals surface area contributed by atoms with Crippen molar-refractivity contribution >= 4 is 15.9 Å². The first kappa shape index (κ1) is 13.8. The molecule has 0 spiro atoms. The van der Waals surface area contributed by atoms with Crippen LogP contribution in [-0.2, 0) is 0 Å². The summed E-state index contributed by atoms with van der Waals surface area (Å²) in [5, 5.41) is 0. The average molecular weight is 312 g/mol. The first-order valence-electron chi connectivity index (χ1n) is 6.58. The van der Waals surface area contributed by atoms with Crippen LogP contribution in [0.2, 0.25) is 0 Å². The van der Waals surface area contributed by atoms with Gasteiger partial charge in [0.1, 0.15) is 5.82 Å². The fourth-order valence-electron chi connectivity index (χ4n) is 2.46. The van der Waals surface area contributed by atoms with E-state index in [9.17, 15) is 4.39 Å². The monoisotopic (exact) mass is 311 g/mol. The minimum absolute atomic E-state index is 0.229. The summed E-state index contributed by atoms with van der Waals surface area (Å²) in [6.07, 6.45) is 9.21. The molecule has 0 saturated carbocycles. The topological polar surface area (TPSA) is 26.0 Å². The summed E-state index contributed by atoms with van der Waals surface area (Å²) in [6, 6.07) is 5.02. The van der Waals surface area contributed by atoms with Crippen LogP contribution in [0.1, 0.15) is 50.1 Å². The van der Waals surface area contributed by atoms with E-state index in [0.717, 1.165) is 19.3 Å². The molecule has 0 heterocycles. The van der Waals surface area contributed by atoms with Gasteiger partial charge in [-0.2, -0.15) is 0 Å². The van der Waals surface area contributed by atoms with Gasteiger partial charge >= 0.3 is 0 Å². The zero-order valence-corrected chi connectivity index (χ0v) is 12.0. The third-order valence-corrected chi connectivity index (χ3v) is 4.15. The Labute approximate surface area is 116 Å². The lowest BCUT2D eigenvalue weighted by Crippen LogP contribution is -2.16. The van der Waals surface area contributed by atoms with E-state index in [1.165, 1.54) is 24.8 Å². The van der Waals surface area contributed by atoms with Crippen LogP contribution in [-0.4, -0.2) is 0 Å². The van der Waals surface area contributed by atoms with Gasteiger partial charge in [0.15, 0.2) is 0 Å². The molecule has 0 aromatic heterocycles. The highest BCUT2D eigenvalue weighted by Crippen LogP contribution is 2.30. The molecule has 98 valence electrons. The molecule has 2 N–H and O–H groups in total. The number of halogens is 2. The Morgan fingerprint density at radius 1 is 1.17 bits per heavy atom. The molecule has 1 nitrogen and oxygen atoms in total. The summed E-state index contributed by atoms with van der Waals surface area (Å²) < 4.78 is 14.5. The summed E-state index contributed by atoms with van der Waals surface area (Å²) in [7, 11) is 0. The van der Waals surface area contributed by atoms with Gasteiger partial charge in [-0.1, -0.05) is 36.6 Å². The van der Waals surface area contributed by atoms with Crippen LogP contribution >= 0.6 is 15.9 Å². The second-order valence-corrected chi connectivity index (χ2v) is 5.71. The van der Waals surface area contributed by atoms with Gasteiger partial charge in [-0.05, 0) is 47.7 Å². The fraction of sp³-hybridized carbons (Fsp3) is 0.467. The van der Waals surface area contributed by atoms with Crippen LogP contribution in [0.3, 0.4) is 0 Å². The maximum Gasteiger partial charge on any atom is 0.142 e. The normalized spacial score (nSPS) is 21.6. The summed E-state index contributed by atoms with van der Waals surface area (Å²) >= 11 is 3.22. The average Bonchev–Trinajstić information content (AvgIpc) is 2.31. The molecule has 1 aliphatic rings. The Morgan fingerprint density at radius 3 is 2.78 bits per heavy atom. The van der Waals surface area contributed by atoms with Crippen molar-refractivity contribution in [1.29, 1.82) is 0 Å². The molecule has 1 unspecified atom stereocenters. The molecule has 0 amide bonds. The van der Waals surface area contributed by atoms with Crippen molar-refractivity contribution in [2.75, 3.05) is 0 Å². The molecule has 1 aliphatic carbocycles. The van der Waals surface area contributed by atoms with Crippen molar-refractivity contribution in [3.05, 3.63) is 45.7 Å². The van der Waals surface area contributed by atoms with E-state index in [-0.39, 0.29) is 11.9 Å². The van der Waals surface area contributed by atoms with Crippen LogP contribution < -0.4 is 5.73 Å². The van der Waals surface area contributed by atoms with Crippen molar-refractivity contribution in [3.8, 4) is 0 Å². The van der Waals surface area contributed by atoms with Gasteiger partial charge in [-0.3, -0.25) is 0 Å². The fourth-order valence-corrected chi connectivity index (χ4v) is 2.84. The number of nitrogens with two attached hydrogens (primary N) is 1. The number of allylic oxidation sites excluding steroid dienone is 1. The smallest absolute Gasteiger partial charge is 0.142 e. The zero-order chi connectivity index (χ0) is 13.0. The first-order chi connectivity index (χ1) is 8.70. The standard InChI is InChI=1S/C15H19BrFN/c16-13-10-6-9-12(14(13)17)15(18)11-7-4-2-1-3-5-8-11/h6-7,9-10,15H,1-5,8,18H2/b11-7+. The van der Waals surface area contributed by atoms with E-state index in [1.807, 2.05) is 6.07 Å². The number of benzene rings is 1. The van der Waals surface area contributed by atoms with Crippen LogP contribution in [0, 0.1) is 5.82 Å². The highest BCUT2D eigenvalue weighted by Gasteiger charge is 2.17. The predicted octanol–water partition coefficient (Wildman–Crippen LogP) is 4.87. The van der Waals surface area contributed by atoms with Gasteiger partial charge in [0.2, 0.25) is 0 Å². The Balaban J connectivity index is 2.23. The molecule has 3 heteroatoms. The summed E-state index contributed by atoms with van der Waals surface area (Å²) in [6.45, 7) is 0. The third-order valence-electron chi connectivity index (χ3n) is 3.54. The zero-order valence-electron chi connectivity index (χ0n) is 10.5. The molecule has 1 aromatic rings. The SMILES string of the molecule is NC(/C1=C/CCCCCC1)c1cccc(Br)c1F. The van der Waals surface area contributed by atoms with Crippen molar-refractivity contribution in [1.82, 2.24) is 0 Å².